The highest BCUT2D eigenvalue weighted by Gasteiger charge is 2.23. The summed E-state index contributed by atoms with van der Waals surface area (Å²) in [6.07, 6.45) is 12.3. The standard InChI is InChI=1S/C25H23N7O2.C2H6/c1-17(33)34-22-8-5-19(6-9-22)30-25-28-13-11-23(31-25)24-27-12-10-20(29-24)4-2-18-3-7-21-14-26-16-32(21)15-18;1-2/h3,7,10-16,19,22H,5-6,8-9H2,1H3,(H,28,30,31);1-2H3. The Morgan fingerprint density at radius 3 is 2.64 bits per heavy atom. The van der Waals surface area contributed by atoms with E-state index in [0.717, 1.165) is 36.8 Å². The van der Waals surface area contributed by atoms with E-state index in [1.165, 1.54) is 6.92 Å². The monoisotopic (exact) mass is 483 g/mol. The van der Waals surface area contributed by atoms with Gasteiger partial charge >= 0.3 is 5.97 Å². The molecule has 1 aliphatic rings. The summed E-state index contributed by atoms with van der Waals surface area (Å²) in [5.74, 6) is 7.03. The van der Waals surface area contributed by atoms with Crippen molar-refractivity contribution in [2.75, 3.05) is 5.32 Å². The number of carbonyl (C=O) groups is 1. The number of pyridine rings is 1. The molecule has 184 valence electrons. The van der Waals surface area contributed by atoms with Gasteiger partial charge in [0.25, 0.3) is 0 Å². The lowest BCUT2D eigenvalue weighted by Crippen LogP contribution is -2.31. The van der Waals surface area contributed by atoms with Gasteiger partial charge in [-0.1, -0.05) is 19.8 Å². The summed E-state index contributed by atoms with van der Waals surface area (Å²) in [5.41, 5.74) is 3.10. The highest BCUT2D eigenvalue weighted by atomic mass is 16.5. The molecule has 0 saturated heterocycles. The van der Waals surface area contributed by atoms with Crippen LogP contribution in [-0.4, -0.2) is 47.4 Å². The van der Waals surface area contributed by atoms with Crippen molar-refractivity contribution in [1.29, 1.82) is 0 Å². The Balaban J connectivity index is 0.00000148. The maximum Gasteiger partial charge on any atom is 0.302 e. The molecule has 9 heteroatoms. The first-order valence-electron chi connectivity index (χ1n) is 12.2. The molecule has 0 aliphatic heterocycles. The summed E-state index contributed by atoms with van der Waals surface area (Å²) in [6.45, 7) is 5.45. The molecule has 1 aliphatic carbocycles. The van der Waals surface area contributed by atoms with Crippen molar-refractivity contribution in [2.45, 2.75) is 58.6 Å². The summed E-state index contributed by atoms with van der Waals surface area (Å²) in [7, 11) is 0. The van der Waals surface area contributed by atoms with Gasteiger partial charge in [0, 0.05) is 37.1 Å². The second kappa shape index (κ2) is 11.9. The van der Waals surface area contributed by atoms with E-state index in [4.69, 9.17) is 4.74 Å². The molecule has 0 unspecified atom stereocenters. The molecule has 4 aromatic heterocycles. The molecule has 0 atom stereocenters. The maximum absolute atomic E-state index is 11.1. The number of hydrogen-bond acceptors (Lipinski definition) is 8. The van der Waals surface area contributed by atoms with Gasteiger partial charge in [0.1, 0.15) is 17.5 Å². The maximum atomic E-state index is 11.1. The number of ether oxygens (including phenoxy) is 1. The summed E-state index contributed by atoms with van der Waals surface area (Å²) in [5, 5.41) is 3.38. The van der Waals surface area contributed by atoms with E-state index in [1.807, 2.05) is 36.6 Å². The van der Waals surface area contributed by atoms with Gasteiger partial charge in [0.2, 0.25) is 5.95 Å². The van der Waals surface area contributed by atoms with Gasteiger partial charge in [-0.2, -0.15) is 0 Å². The zero-order valence-electron chi connectivity index (χ0n) is 20.7. The fourth-order valence-electron chi connectivity index (χ4n) is 3.98. The van der Waals surface area contributed by atoms with Gasteiger partial charge in [-0.05, 0) is 55.9 Å². The van der Waals surface area contributed by atoms with Crippen molar-refractivity contribution in [3.8, 4) is 23.4 Å². The van der Waals surface area contributed by atoms with Crippen LogP contribution in [0.1, 0.15) is 57.7 Å². The molecule has 1 fully saturated rings. The smallest absolute Gasteiger partial charge is 0.302 e. The molecule has 0 amide bonds. The number of nitrogens with zero attached hydrogens (tertiary/aromatic N) is 6. The lowest BCUT2D eigenvalue weighted by molar-refractivity contribution is -0.147. The molecule has 4 aromatic rings. The van der Waals surface area contributed by atoms with Crippen LogP contribution in [0, 0.1) is 11.8 Å². The summed E-state index contributed by atoms with van der Waals surface area (Å²) in [6, 6.07) is 7.71. The van der Waals surface area contributed by atoms with Crippen molar-refractivity contribution in [3.05, 3.63) is 66.6 Å². The Bertz CT molecular complexity index is 1380. The lowest BCUT2D eigenvalue weighted by atomic mass is 9.93. The molecule has 9 nitrogen and oxygen atoms in total. The molecule has 0 radical (unpaired) electrons. The fraction of sp³-hybridized carbons (Fsp3) is 0.333. The molecule has 1 saturated carbocycles. The third-order valence-corrected chi connectivity index (χ3v) is 5.62. The Kier molecular flexibility index (Phi) is 8.19. The van der Waals surface area contributed by atoms with Crippen molar-refractivity contribution in [3.63, 3.8) is 0 Å². The van der Waals surface area contributed by atoms with Crippen LogP contribution in [0.5, 0.6) is 0 Å². The summed E-state index contributed by atoms with van der Waals surface area (Å²) >= 11 is 0. The summed E-state index contributed by atoms with van der Waals surface area (Å²) < 4.78 is 7.24. The number of rotatable bonds is 4. The highest BCUT2D eigenvalue weighted by molar-refractivity contribution is 5.66. The highest BCUT2D eigenvalue weighted by Crippen LogP contribution is 2.24. The average molecular weight is 484 g/mol. The SMILES string of the molecule is CC.CC(=O)OC1CCC(Nc2nccc(-c3nccc(C#Cc4ccc5cncn5c4)n3)n2)CC1. The molecular formula is C27H29N7O2. The van der Waals surface area contributed by atoms with Crippen molar-refractivity contribution >= 4 is 17.4 Å². The number of hydrogen-bond donors (Lipinski definition) is 1. The quantitative estimate of drug-likeness (QED) is 0.338. The molecule has 0 bridgehead atoms. The van der Waals surface area contributed by atoms with Crippen LogP contribution in [0.15, 0.2) is 55.4 Å². The minimum Gasteiger partial charge on any atom is -0.463 e. The van der Waals surface area contributed by atoms with E-state index in [2.05, 4.69) is 42.1 Å². The average Bonchev–Trinajstić information content (AvgIpc) is 3.38. The number of aromatic nitrogens is 6. The van der Waals surface area contributed by atoms with Gasteiger partial charge in [0.15, 0.2) is 5.82 Å². The predicted molar refractivity (Wildman–Crippen MR) is 137 cm³/mol. The molecule has 0 spiro atoms. The van der Waals surface area contributed by atoms with Gasteiger partial charge < -0.3 is 14.5 Å². The van der Waals surface area contributed by atoms with Crippen molar-refractivity contribution in [1.82, 2.24) is 29.3 Å². The molecule has 5 rings (SSSR count). The van der Waals surface area contributed by atoms with Gasteiger partial charge in [-0.25, -0.2) is 24.9 Å². The molecule has 0 aromatic carbocycles. The predicted octanol–water partition coefficient (Wildman–Crippen LogP) is 4.29. The Labute approximate surface area is 210 Å². The Morgan fingerprint density at radius 2 is 1.83 bits per heavy atom. The van der Waals surface area contributed by atoms with Gasteiger partial charge in [-0.3, -0.25) is 4.79 Å². The number of carbonyl (C=O) groups excluding carboxylic acids is 1. The van der Waals surface area contributed by atoms with Gasteiger partial charge in [-0.15, -0.1) is 0 Å². The second-order valence-corrected chi connectivity index (χ2v) is 8.15. The topological polar surface area (TPSA) is 107 Å². The first-order valence-corrected chi connectivity index (χ1v) is 12.2. The molecule has 1 N–H and O–H groups in total. The zero-order chi connectivity index (χ0) is 25.3. The van der Waals surface area contributed by atoms with E-state index >= 15 is 0 Å². The van der Waals surface area contributed by atoms with Crippen molar-refractivity contribution < 1.29 is 9.53 Å². The number of fused-ring (bicyclic) bond motifs is 1. The van der Waals surface area contributed by atoms with E-state index in [1.54, 1.807) is 37.1 Å². The third kappa shape index (κ3) is 6.42. The normalized spacial score (nSPS) is 16.8. The fourth-order valence-corrected chi connectivity index (χ4v) is 3.98. The van der Waals surface area contributed by atoms with Crippen LogP contribution in [-0.2, 0) is 9.53 Å². The Hall–Kier alpha value is -4.32. The van der Waals surface area contributed by atoms with Crippen LogP contribution in [0.2, 0.25) is 0 Å². The van der Waals surface area contributed by atoms with Crippen molar-refractivity contribution in [2.24, 2.45) is 0 Å². The zero-order valence-corrected chi connectivity index (χ0v) is 20.7. The minimum absolute atomic E-state index is 0.00177. The van der Waals surface area contributed by atoms with Crippen LogP contribution in [0.25, 0.3) is 17.0 Å². The first-order chi connectivity index (χ1) is 17.6. The molecular weight excluding hydrogens is 454 g/mol. The Morgan fingerprint density at radius 1 is 1.03 bits per heavy atom. The van der Waals surface area contributed by atoms with E-state index in [9.17, 15) is 4.79 Å². The largest absolute Gasteiger partial charge is 0.463 e. The molecule has 4 heterocycles. The van der Waals surface area contributed by atoms with Gasteiger partial charge in [0.05, 0.1) is 18.0 Å². The molecule has 36 heavy (non-hydrogen) atoms. The van der Waals surface area contributed by atoms with E-state index in [-0.39, 0.29) is 18.1 Å². The summed E-state index contributed by atoms with van der Waals surface area (Å²) in [4.78, 5) is 33.2. The number of esters is 1. The lowest BCUT2D eigenvalue weighted by Gasteiger charge is -2.28. The minimum atomic E-state index is -0.223. The number of imidazole rings is 1. The second-order valence-electron chi connectivity index (χ2n) is 8.15. The van der Waals surface area contributed by atoms with E-state index < -0.39 is 0 Å². The third-order valence-electron chi connectivity index (χ3n) is 5.62. The van der Waals surface area contributed by atoms with Crippen LogP contribution in [0.3, 0.4) is 0 Å². The number of anilines is 1. The van der Waals surface area contributed by atoms with Crippen LogP contribution >= 0.6 is 0 Å². The van der Waals surface area contributed by atoms with Crippen LogP contribution < -0.4 is 5.32 Å². The number of nitrogens with one attached hydrogen (secondary N) is 1. The van der Waals surface area contributed by atoms with E-state index in [0.29, 0.717) is 23.2 Å². The van der Waals surface area contributed by atoms with Crippen LogP contribution in [0.4, 0.5) is 5.95 Å². The first kappa shape index (κ1) is 24.8.